The van der Waals surface area contributed by atoms with Gasteiger partial charge in [0.05, 0.1) is 17.3 Å². The van der Waals surface area contributed by atoms with Gasteiger partial charge in [-0.2, -0.15) is 0 Å². The van der Waals surface area contributed by atoms with E-state index in [1.165, 1.54) is 0 Å². The molecule has 3 rings (SSSR count). The maximum absolute atomic E-state index is 13.1. The average molecular weight is 371 g/mol. The van der Waals surface area contributed by atoms with Gasteiger partial charge < -0.3 is 10.0 Å². The summed E-state index contributed by atoms with van der Waals surface area (Å²) in [5.41, 5.74) is 1.51. The van der Waals surface area contributed by atoms with Crippen molar-refractivity contribution in [3.8, 4) is 5.69 Å². The molecule has 2 aromatic carbocycles. The summed E-state index contributed by atoms with van der Waals surface area (Å²) in [7, 11) is 3.83. The number of ketones is 1. The van der Waals surface area contributed by atoms with E-state index in [4.69, 9.17) is 11.6 Å². The molecule has 0 fully saturated rings. The van der Waals surface area contributed by atoms with Crippen molar-refractivity contribution < 1.29 is 9.90 Å². The molecule has 0 aliphatic carbocycles. The van der Waals surface area contributed by atoms with Crippen LogP contribution >= 0.6 is 11.6 Å². The lowest BCUT2D eigenvalue weighted by molar-refractivity contribution is 0.103. The Kier molecular flexibility index (Phi) is 5.46. The van der Waals surface area contributed by atoms with E-state index in [2.05, 4.69) is 10.2 Å². The van der Waals surface area contributed by atoms with Crippen molar-refractivity contribution in [2.24, 2.45) is 0 Å². The number of hydrogen-bond donors (Lipinski definition) is 1. The fourth-order valence-electron chi connectivity index (χ4n) is 2.77. The molecular weight excluding hydrogens is 352 g/mol. The first-order valence-electron chi connectivity index (χ1n) is 8.10. The van der Waals surface area contributed by atoms with Crippen LogP contribution in [0.15, 0.2) is 48.5 Å². The summed E-state index contributed by atoms with van der Waals surface area (Å²) >= 11 is 6.21. The Morgan fingerprint density at radius 3 is 2.31 bits per heavy atom. The molecule has 1 aromatic heterocycles. The minimum Gasteiger partial charge on any atom is -0.388 e. The first-order valence-corrected chi connectivity index (χ1v) is 8.48. The second-order valence-corrected chi connectivity index (χ2v) is 6.50. The molecule has 3 aromatic rings. The molecule has 0 atom stereocenters. The van der Waals surface area contributed by atoms with Crippen molar-refractivity contribution in [3.05, 3.63) is 76.3 Å². The Bertz CT molecular complexity index is 937. The highest BCUT2D eigenvalue weighted by atomic mass is 35.5. The highest BCUT2D eigenvalue weighted by Gasteiger charge is 2.21. The van der Waals surface area contributed by atoms with Crippen LogP contribution < -0.4 is 0 Å². The lowest BCUT2D eigenvalue weighted by Crippen LogP contribution is -2.17. The van der Waals surface area contributed by atoms with Gasteiger partial charge in [0.15, 0.2) is 17.4 Å². The fourth-order valence-corrected chi connectivity index (χ4v) is 2.99. The van der Waals surface area contributed by atoms with Crippen LogP contribution in [0.1, 0.15) is 27.6 Å². The molecule has 0 amide bonds. The number of aromatic nitrogens is 3. The number of halogens is 1. The lowest BCUT2D eigenvalue weighted by atomic mass is 10.0. The van der Waals surface area contributed by atoms with E-state index < -0.39 is 0 Å². The molecule has 0 aliphatic rings. The van der Waals surface area contributed by atoms with Crippen LogP contribution in [-0.2, 0) is 13.2 Å². The Labute approximate surface area is 156 Å². The van der Waals surface area contributed by atoms with E-state index in [1.54, 1.807) is 41.0 Å². The monoisotopic (exact) mass is 370 g/mol. The van der Waals surface area contributed by atoms with Crippen molar-refractivity contribution in [2.45, 2.75) is 13.2 Å². The van der Waals surface area contributed by atoms with Gasteiger partial charge in [0.25, 0.3) is 0 Å². The number of carbonyl (C=O) groups is 1. The van der Waals surface area contributed by atoms with E-state index in [0.29, 0.717) is 40.0 Å². The van der Waals surface area contributed by atoms with E-state index in [9.17, 15) is 9.90 Å². The molecule has 0 radical (unpaired) electrons. The number of nitrogens with zero attached hydrogens (tertiary/aromatic N) is 4. The first kappa shape index (κ1) is 18.3. The molecule has 7 heteroatoms. The third-order valence-corrected chi connectivity index (χ3v) is 4.23. The van der Waals surface area contributed by atoms with E-state index in [1.807, 2.05) is 31.1 Å². The zero-order chi connectivity index (χ0) is 18.7. The molecule has 1 N–H and O–H groups in total. The topological polar surface area (TPSA) is 71.2 Å². The summed E-state index contributed by atoms with van der Waals surface area (Å²) in [6, 6.07) is 14.1. The zero-order valence-corrected chi connectivity index (χ0v) is 15.3. The molecule has 0 saturated carbocycles. The van der Waals surface area contributed by atoms with Crippen LogP contribution in [-0.4, -0.2) is 44.6 Å². The van der Waals surface area contributed by atoms with Gasteiger partial charge in [-0.3, -0.25) is 9.36 Å². The molecule has 0 saturated heterocycles. The minimum absolute atomic E-state index is 0.195. The maximum Gasteiger partial charge on any atom is 0.196 e. The highest BCUT2D eigenvalue weighted by molar-refractivity contribution is 6.35. The largest absolute Gasteiger partial charge is 0.388 e. The smallest absolute Gasteiger partial charge is 0.196 e. The van der Waals surface area contributed by atoms with Crippen molar-refractivity contribution in [2.75, 3.05) is 14.1 Å². The zero-order valence-electron chi connectivity index (χ0n) is 14.6. The van der Waals surface area contributed by atoms with E-state index in [0.717, 1.165) is 0 Å². The number of rotatable bonds is 6. The number of para-hydroxylation sites is 1. The second kappa shape index (κ2) is 7.78. The summed E-state index contributed by atoms with van der Waals surface area (Å²) in [5, 5.41) is 18.3. The van der Waals surface area contributed by atoms with E-state index >= 15 is 0 Å². The van der Waals surface area contributed by atoms with Crippen molar-refractivity contribution in [3.63, 3.8) is 0 Å². The van der Waals surface area contributed by atoms with Gasteiger partial charge in [0.2, 0.25) is 0 Å². The minimum atomic E-state index is -0.283. The Balaban J connectivity index is 2.16. The molecular formula is C19H19ClN4O2. The van der Waals surface area contributed by atoms with Crippen LogP contribution in [0.3, 0.4) is 0 Å². The molecule has 6 nitrogen and oxygen atoms in total. The van der Waals surface area contributed by atoms with Gasteiger partial charge in [-0.1, -0.05) is 35.9 Å². The van der Waals surface area contributed by atoms with Gasteiger partial charge in [-0.15, -0.1) is 10.2 Å². The Morgan fingerprint density at radius 1 is 1.04 bits per heavy atom. The number of aliphatic hydroxyl groups is 1. The van der Waals surface area contributed by atoms with Gasteiger partial charge in [-0.25, -0.2) is 0 Å². The third kappa shape index (κ3) is 3.53. The molecule has 0 aliphatic heterocycles. The van der Waals surface area contributed by atoms with Crippen LogP contribution in [0.5, 0.6) is 0 Å². The quantitative estimate of drug-likeness (QED) is 0.675. The fraction of sp³-hybridized carbons (Fsp3) is 0.211. The Hall–Kier alpha value is -2.54. The second-order valence-electron chi connectivity index (χ2n) is 6.09. The lowest BCUT2D eigenvalue weighted by Gasteiger charge is -2.16. The van der Waals surface area contributed by atoms with Crippen LogP contribution in [0.4, 0.5) is 0 Å². The number of aliphatic hydroxyl groups excluding tert-OH is 1. The third-order valence-electron chi connectivity index (χ3n) is 3.90. The van der Waals surface area contributed by atoms with Crippen LogP contribution in [0.25, 0.3) is 5.69 Å². The summed E-state index contributed by atoms with van der Waals surface area (Å²) in [6.45, 7) is 0.233. The molecule has 26 heavy (non-hydrogen) atoms. The number of benzene rings is 2. The van der Waals surface area contributed by atoms with Gasteiger partial charge >= 0.3 is 0 Å². The maximum atomic E-state index is 13.1. The molecule has 0 bridgehead atoms. The molecule has 134 valence electrons. The van der Waals surface area contributed by atoms with Crippen molar-refractivity contribution >= 4 is 17.4 Å². The van der Waals surface area contributed by atoms with Crippen LogP contribution in [0, 0.1) is 0 Å². The summed E-state index contributed by atoms with van der Waals surface area (Å²) in [5.74, 6) is 0.819. The first-order chi connectivity index (χ1) is 12.5. The molecule has 1 heterocycles. The van der Waals surface area contributed by atoms with Crippen LogP contribution in [0.2, 0.25) is 5.02 Å². The standard InChI is InChI=1S/C19H19ClN4O2/c1-23(2)11-17-21-22-18(12-25)24(17)16-10-6-4-8-14(16)19(26)13-7-3-5-9-15(13)20/h3-10,25H,11-12H2,1-2H3. The Morgan fingerprint density at radius 2 is 1.65 bits per heavy atom. The molecule has 0 unspecified atom stereocenters. The predicted octanol–water partition coefficient (Wildman–Crippen LogP) is 2.71. The van der Waals surface area contributed by atoms with Crippen molar-refractivity contribution in [1.82, 2.24) is 19.7 Å². The van der Waals surface area contributed by atoms with Gasteiger partial charge in [0, 0.05) is 11.1 Å². The number of carbonyl (C=O) groups excluding carboxylic acids is 1. The summed E-state index contributed by atoms with van der Waals surface area (Å²) in [4.78, 5) is 15.0. The van der Waals surface area contributed by atoms with Gasteiger partial charge in [-0.05, 0) is 38.4 Å². The number of hydrogen-bond acceptors (Lipinski definition) is 5. The summed E-state index contributed by atoms with van der Waals surface area (Å²) in [6.07, 6.45) is 0. The molecule has 0 spiro atoms. The SMILES string of the molecule is CN(C)Cc1nnc(CO)n1-c1ccccc1C(=O)c1ccccc1Cl. The predicted molar refractivity (Wildman–Crippen MR) is 99.6 cm³/mol. The summed E-state index contributed by atoms with van der Waals surface area (Å²) < 4.78 is 1.73. The van der Waals surface area contributed by atoms with Gasteiger partial charge in [0.1, 0.15) is 6.61 Å². The highest BCUT2D eigenvalue weighted by Crippen LogP contribution is 2.25. The van der Waals surface area contributed by atoms with Crippen molar-refractivity contribution in [1.29, 1.82) is 0 Å². The normalized spacial score (nSPS) is 11.1. The van der Waals surface area contributed by atoms with E-state index in [-0.39, 0.29) is 12.4 Å². The average Bonchev–Trinajstić information content (AvgIpc) is 3.03.